The number of benzene rings is 2. The van der Waals surface area contributed by atoms with Gasteiger partial charge in [0.25, 0.3) is 0 Å². The number of amides is 1. The highest BCUT2D eigenvalue weighted by atomic mass is 19.1. The fourth-order valence-electron chi connectivity index (χ4n) is 4.93. The van der Waals surface area contributed by atoms with Gasteiger partial charge in [-0.1, -0.05) is 0 Å². The molecule has 12 nitrogen and oxygen atoms in total. The van der Waals surface area contributed by atoms with E-state index in [1.165, 1.54) is 32.5 Å². The second kappa shape index (κ2) is 14.5. The van der Waals surface area contributed by atoms with Crippen LogP contribution >= 0.6 is 0 Å². The summed E-state index contributed by atoms with van der Waals surface area (Å²) < 4.78 is 53.3. The standard InChI is InChI=1S/C33H39F2N7O5/c1-22-17-28(44-5)30(35)25(29(22)34)21-46-24-19-36-31(37-20-24)39-23-7-8-26(27(18-23)45-16-15-42-10-6-9-38-42)40-11-13-41(14-12-40)32(43)47-33(2,3)4/h6-10,17-20H,11-16,21H2,1-5H3,(H,36,37,39). The molecule has 0 radical (unpaired) electrons. The van der Waals surface area contributed by atoms with Gasteiger partial charge >= 0.3 is 6.09 Å². The third-order valence-electron chi connectivity index (χ3n) is 7.30. The summed E-state index contributed by atoms with van der Waals surface area (Å²) in [6.45, 7) is 9.91. The van der Waals surface area contributed by atoms with Crippen LogP contribution in [0.25, 0.3) is 0 Å². The molecule has 1 saturated heterocycles. The van der Waals surface area contributed by atoms with E-state index in [4.69, 9.17) is 18.9 Å². The maximum Gasteiger partial charge on any atom is 0.410 e. The average Bonchev–Trinajstić information content (AvgIpc) is 3.57. The highest BCUT2D eigenvalue weighted by molar-refractivity contribution is 5.70. The summed E-state index contributed by atoms with van der Waals surface area (Å²) >= 11 is 0. The molecule has 0 saturated carbocycles. The van der Waals surface area contributed by atoms with Crippen molar-refractivity contribution in [3.05, 3.63) is 77.9 Å². The number of ether oxygens (including phenoxy) is 4. The van der Waals surface area contributed by atoms with Gasteiger partial charge in [-0.15, -0.1) is 0 Å². The Morgan fingerprint density at radius 1 is 1.00 bits per heavy atom. The van der Waals surface area contributed by atoms with Gasteiger partial charge in [0.1, 0.15) is 30.4 Å². The van der Waals surface area contributed by atoms with E-state index in [1.54, 1.807) is 15.8 Å². The normalized spacial score (nSPS) is 13.3. The third kappa shape index (κ3) is 8.57. The number of aryl methyl sites for hydroxylation is 1. The van der Waals surface area contributed by atoms with E-state index in [1.807, 2.05) is 51.2 Å². The number of aromatic nitrogens is 4. The van der Waals surface area contributed by atoms with E-state index in [2.05, 4.69) is 25.3 Å². The van der Waals surface area contributed by atoms with Gasteiger partial charge in [0.05, 0.1) is 37.3 Å². The topological polar surface area (TPSA) is 116 Å². The van der Waals surface area contributed by atoms with Crippen LogP contribution in [0.4, 0.5) is 30.9 Å². The lowest BCUT2D eigenvalue weighted by Gasteiger charge is -2.37. The third-order valence-corrected chi connectivity index (χ3v) is 7.30. The molecule has 2 aromatic carbocycles. The van der Waals surface area contributed by atoms with Crippen molar-refractivity contribution in [1.29, 1.82) is 0 Å². The summed E-state index contributed by atoms with van der Waals surface area (Å²) in [7, 11) is 1.32. The number of nitrogens with zero attached hydrogens (tertiary/aromatic N) is 6. The predicted molar refractivity (Wildman–Crippen MR) is 171 cm³/mol. The molecule has 4 aromatic rings. The first-order valence-corrected chi connectivity index (χ1v) is 15.2. The first-order chi connectivity index (χ1) is 22.5. The van der Waals surface area contributed by atoms with E-state index in [9.17, 15) is 13.6 Å². The Hall–Kier alpha value is -5.14. The molecule has 0 unspecified atom stereocenters. The van der Waals surface area contributed by atoms with Crippen molar-refractivity contribution in [2.75, 3.05) is 50.1 Å². The molecular weight excluding hydrogens is 612 g/mol. The van der Waals surface area contributed by atoms with Crippen LogP contribution in [0.2, 0.25) is 0 Å². The largest absolute Gasteiger partial charge is 0.494 e. The molecule has 0 spiro atoms. The quantitative estimate of drug-likeness (QED) is 0.216. The summed E-state index contributed by atoms with van der Waals surface area (Å²) in [6, 6.07) is 8.86. The van der Waals surface area contributed by atoms with E-state index in [0.29, 0.717) is 50.8 Å². The Balaban J connectivity index is 1.25. The van der Waals surface area contributed by atoms with E-state index < -0.39 is 17.2 Å². The summed E-state index contributed by atoms with van der Waals surface area (Å²) in [5.74, 6) is -0.404. The van der Waals surface area contributed by atoms with Crippen molar-refractivity contribution in [2.45, 2.75) is 46.4 Å². The molecule has 0 bridgehead atoms. The fraction of sp³-hybridized carbons (Fsp3) is 0.394. The number of carbonyl (C=O) groups is 1. The second-order valence-electron chi connectivity index (χ2n) is 11.9. The number of rotatable bonds is 11. The molecule has 1 aliphatic heterocycles. The van der Waals surface area contributed by atoms with Crippen molar-refractivity contribution >= 4 is 23.4 Å². The van der Waals surface area contributed by atoms with Crippen LogP contribution in [0, 0.1) is 18.6 Å². The Kier molecular flexibility index (Phi) is 10.3. The number of halogens is 2. The lowest BCUT2D eigenvalue weighted by atomic mass is 10.1. The van der Waals surface area contributed by atoms with Gasteiger partial charge in [-0.3, -0.25) is 4.68 Å². The number of methoxy groups -OCH3 is 1. The summed E-state index contributed by atoms with van der Waals surface area (Å²) in [6.07, 6.45) is 6.09. The minimum atomic E-state index is -0.814. The molecule has 5 rings (SSSR count). The van der Waals surface area contributed by atoms with Gasteiger partial charge in [0.2, 0.25) is 5.95 Å². The highest BCUT2D eigenvalue weighted by Crippen LogP contribution is 2.34. The number of anilines is 3. The molecule has 14 heteroatoms. The van der Waals surface area contributed by atoms with Crippen LogP contribution in [0.1, 0.15) is 31.9 Å². The number of piperazine rings is 1. The minimum Gasteiger partial charge on any atom is -0.494 e. The molecule has 0 aliphatic carbocycles. The van der Waals surface area contributed by atoms with Gasteiger partial charge in [-0.05, 0) is 57.5 Å². The van der Waals surface area contributed by atoms with E-state index in [-0.39, 0.29) is 41.3 Å². The molecule has 3 heterocycles. The summed E-state index contributed by atoms with van der Waals surface area (Å²) in [5.41, 5.74) is 1.02. The lowest BCUT2D eigenvalue weighted by Crippen LogP contribution is -2.50. The molecule has 0 atom stereocenters. The molecule has 1 N–H and O–H groups in total. The maximum atomic E-state index is 14.6. The van der Waals surface area contributed by atoms with Crippen LogP contribution in [-0.2, 0) is 17.9 Å². The van der Waals surface area contributed by atoms with Gasteiger partial charge in [-0.2, -0.15) is 5.10 Å². The summed E-state index contributed by atoms with van der Waals surface area (Å²) in [4.78, 5) is 25.1. The van der Waals surface area contributed by atoms with Crippen molar-refractivity contribution in [1.82, 2.24) is 24.6 Å². The van der Waals surface area contributed by atoms with E-state index >= 15 is 0 Å². The number of hydrogen-bond donors (Lipinski definition) is 1. The minimum absolute atomic E-state index is 0.0582. The molecule has 1 aliphatic rings. The van der Waals surface area contributed by atoms with Crippen LogP contribution in [0.3, 0.4) is 0 Å². The van der Waals surface area contributed by atoms with Crippen molar-refractivity contribution in [2.24, 2.45) is 0 Å². The van der Waals surface area contributed by atoms with Gasteiger partial charge in [0, 0.05) is 50.3 Å². The molecular formula is C33H39F2N7O5. The molecule has 2 aromatic heterocycles. The Labute approximate surface area is 272 Å². The van der Waals surface area contributed by atoms with Crippen LogP contribution in [0.5, 0.6) is 17.2 Å². The van der Waals surface area contributed by atoms with Crippen LogP contribution < -0.4 is 24.4 Å². The van der Waals surface area contributed by atoms with Crippen molar-refractivity contribution < 1.29 is 32.5 Å². The maximum absolute atomic E-state index is 14.6. The molecule has 1 fully saturated rings. The monoisotopic (exact) mass is 651 g/mol. The Morgan fingerprint density at radius 3 is 2.40 bits per heavy atom. The summed E-state index contributed by atoms with van der Waals surface area (Å²) in [5, 5.41) is 7.40. The average molecular weight is 652 g/mol. The van der Waals surface area contributed by atoms with Gasteiger partial charge in [-0.25, -0.2) is 23.5 Å². The number of hydrogen-bond acceptors (Lipinski definition) is 10. The smallest absolute Gasteiger partial charge is 0.410 e. The fourth-order valence-corrected chi connectivity index (χ4v) is 4.93. The van der Waals surface area contributed by atoms with E-state index in [0.717, 1.165) is 5.69 Å². The van der Waals surface area contributed by atoms with Crippen molar-refractivity contribution in [3.63, 3.8) is 0 Å². The van der Waals surface area contributed by atoms with Crippen LogP contribution in [-0.4, -0.2) is 76.2 Å². The zero-order chi connectivity index (χ0) is 33.6. The zero-order valence-electron chi connectivity index (χ0n) is 27.1. The van der Waals surface area contributed by atoms with Gasteiger partial charge in [0.15, 0.2) is 17.3 Å². The molecule has 47 heavy (non-hydrogen) atoms. The molecule has 250 valence electrons. The highest BCUT2D eigenvalue weighted by Gasteiger charge is 2.27. The predicted octanol–water partition coefficient (Wildman–Crippen LogP) is 5.73. The zero-order valence-corrected chi connectivity index (χ0v) is 27.1. The SMILES string of the molecule is COc1cc(C)c(F)c(COc2cnc(Nc3ccc(N4CCN(C(=O)OC(C)(C)C)CC4)c(OCCn4cccn4)c3)nc2)c1F. The first kappa shape index (κ1) is 33.2. The Bertz CT molecular complexity index is 1660. The van der Waals surface area contributed by atoms with Crippen molar-refractivity contribution in [3.8, 4) is 17.2 Å². The van der Waals surface area contributed by atoms with Gasteiger partial charge < -0.3 is 34.1 Å². The second-order valence-corrected chi connectivity index (χ2v) is 11.9. The number of carbonyl (C=O) groups excluding carboxylic acids is 1. The Morgan fingerprint density at radius 2 is 1.74 bits per heavy atom. The first-order valence-electron chi connectivity index (χ1n) is 15.2. The lowest BCUT2D eigenvalue weighted by molar-refractivity contribution is 0.0240. The van der Waals surface area contributed by atoms with Crippen LogP contribution in [0.15, 0.2) is 55.1 Å². The molecule has 1 amide bonds. The number of nitrogens with one attached hydrogen (secondary N) is 1.